The minimum Gasteiger partial charge on any atom is -0.391 e. The third-order valence-electron chi connectivity index (χ3n) is 3.38. The van der Waals surface area contributed by atoms with Crippen LogP contribution in [-0.2, 0) is 6.18 Å². The first-order valence-electron chi connectivity index (χ1n) is 6.66. The van der Waals surface area contributed by atoms with Crippen LogP contribution >= 0.6 is 0 Å². The van der Waals surface area contributed by atoms with Crippen molar-refractivity contribution in [2.45, 2.75) is 25.1 Å². The minimum atomic E-state index is -4.67. The minimum absolute atomic E-state index is 0.0450. The number of hydrogen-bond donors (Lipinski definition) is 2. The molecule has 0 radical (unpaired) electrons. The molecule has 2 N–H and O–H groups in total. The van der Waals surface area contributed by atoms with Gasteiger partial charge in [0.05, 0.1) is 23.3 Å². The largest absolute Gasteiger partial charge is 0.417 e. The van der Waals surface area contributed by atoms with Crippen LogP contribution in [0.25, 0.3) is 0 Å². The number of nitrogens with zero attached hydrogens (tertiary/aromatic N) is 2. The molecule has 2 rings (SSSR count). The molecule has 118 valence electrons. The van der Waals surface area contributed by atoms with Crippen molar-refractivity contribution in [2.24, 2.45) is 0 Å². The quantitative estimate of drug-likeness (QED) is 0.836. The van der Waals surface area contributed by atoms with E-state index >= 15 is 0 Å². The molecule has 1 aliphatic heterocycles. The number of amides is 2. The number of nitriles is 1. The molecule has 0 aromatic heterocycles. The number of anilines is 1. The molecule has 0 spiro atoms. The molecule has 22 heavy (non-hydrogen) atoms. The van der Waals surface area contributed by atoms with Crippen LogP contribution in [0.3, 0.4) is 0 Å². The van der Waals surface area contributed by atoms with Crippen molar-refractivity contribution >= 4 is 11.7 Å². The molecule has 1 atom stereocenters. The zero-order valence-electron chi connectivity index (χ0n) is 11.5. The van der Waals surface area contributed by atoms with Crippen LogP contribution in [0, 0.1) is 11.3 Å². The summed E-state index contributed by atoms with van der Waals surface area (Å²) < 4.78 is 38.6. The average molecular weight is 313 g/mol. The molecule has 1 fully saturated rings. The second-order valence-corrected chi connectivity index (χ2v) is 5.04. The maximum Gasteiger partial charge on any atom is 0.417 e. The maximum atomic E-state index is 12.9. The van der Waals surface area contributed by atoms with E-state index in [0.717, 1.165) is 12.1 Å². The molecular formula is C14H14F3N3O2. The molecule has 1 unspecified atom stereocenters. The van der Waals surface area contributed by atoms with E-state index in [9.17, 15) is 23.1 Å². The lowest BCUT2D eigenvalue weighted by Crippen LogP contribution is -2.44. The number of carbonyl (C=O) groups excluding carboxylic acids is 1. The Morgan fingerprint density at radius 1 is 1.45 bits per heavy atom. The average Bonchev–Trinajstić information content (AvgIpc) is 2.46. The van der Waals surface area contributed by atoms with E-state index in [2.05, 4.69) is 5.32 Å². The van der Waals surface area contributed by atoms with E-state index < -0.39 is 29.4 Å². The fourth-order valence-corrected chi connectivity index (χ4v) is 2.30. The van der Waals surface area contributed by atoms with E-state index in [1.54, 1.807) is 0 Å². The first kappa shape index (κ1) is 16.1. The summed E-state index contributed by atoms with van der Waals surface area (Å²) in [5, 5.41) is 20.6. The van der Waals surface area contributed by atoms with Crippen LogP contribution in [0.2, 0.25) is 0 Å². The zero-order valence-corrected chi connectivity index (χ0v) is 11.5. The molecule has 2 amide bonds. The van der Waals surface area contributed by atoms with Crippen molar-refractivity contribution in [3.05, 3.63) is 29.3 Å². The fourth-order valence-electron chi connectivity index (χ4n) is 2.30. The third-order valence-corrected chi connectivity index (χ3v) is 3.38. The lowest BCUT2D eigenvalue weighted by Gasteiger charge is -2.30. The summed E-state index contributed by atoms with van der Waals surface area (Å²) in [6.07, 6.45) is -4.06. The highest BCUT2D eigenvalue weighted by molar-refractivity contribution is 5.89. The fraction of sp³-hybridized carbons (Fsp3) is 0.429. The van der Waals surface area contributed by atoms with Crippen LogP contribution < -0.4 is 5.32 Å². The Bertz CT molecular complexity index is 610. The van der Waals surface area contributed by atoms with E-state index in [1.807, 2.05) is 0 Å². The Labute approximate surface area is 124 Å². The molecular weight excluding hydrogens is 299 g/mol. The zero-order chi connectivity index (χ0) is 16.3. The Balaban J connectivity index is 2.16. The number of piperidine rings is 1. The van der Waals surface area contributed by atoms with Gasteiger partial charge in [0.25, 0.3) is 0 Å². The summed E-state index contributed by atoms with van der Waals surface area (Å²) in [7, 11) is 0. The van der Waals surface area contributed by atoms with Gasteiger partial charge in [0.1, 0.15) is 0 Å². The molecule has 0 aliphatic carbocycles. The number of hydrogen-bond acceptors (Lipinski definition) is 3. The van der Waals surface area contributed by atoms with Gasteiger partial charge < -0.3 is 15.3 Å². The monoisotopic (exact) mass is 313 g/mol. The van der Waals surface area contributed by atoms with Gasteiger partial charge in [-0.2, -0.15) is 18.4 Å². The van der Waals surface area contributed by atoms with Crippen molar-refractivity contribution in [2.75, 3.05) is 18.4 Å². The van der Waals surface area contributed by atoms with Crippen molar-refractivity contribution < 1.29 is 23.1 Å². The standard InChI is InChI=1S/C14H14F3N3O2/c15-14(16,17)12-6-10(4-3-9(12)7-18)19-13(22)20-5-1-2-11(21)8-20/h3-4,6,11,21H,1-2,5,8H2,(H,19,22). The number of halogens is 3. The Kier molecular flexibility index (Phi) is 4.56. The molecule has 0 saturated carbocycles. The second kappa shape index (κ2) is 6.23. The molecule has 1 aromatic carbocycles. The maximum absolute atomic E-state index is 12.9. The first-order chi connectivity index (χ1) is 10.3. The number of alkyl halides is 3. The molecule has 0 bridgehead atoms. The normalized spacial score (nSPS) is 18.7. The Morgan fingerprint density at radius 2 is 2.18 bits per heavy atom. The van der Waals surface area contributed by atoms with Gasteiger partial charge in [0.2, 0.25) is 0 Å². The van der Waals surface area contributed by atoms with Crippen LogP contribution in [0.15, 0.2) is 18.2 Å². The number of aliphatic hydroxyl groups excluding tert-OH is 1. The van der Waals surface area contributed by atoms with E-state index in [1.165, 1.54) is 17.0 Å². The number of β-amino-alcohol motifs (C(OH)–C–C–N with tert-alkyl or cyclic N) is 1. The number of likely N-dealkylation sites (tertiary alicyclic amines) is 1. The first-order valence-corrected chi connectivity index (χ1v) is 6.66. The van der Waals surface area contributed by atoms with Gasteiger partial charge >= 0.3 is 12.2 Å². The number of aliphatic hydroxyl groups is 1. The van der Waals surface area contributed by atoms with Crippen LogP contribution in [-0.4, -0.2) is 35.2 Å². The summed E-state index contributed by atoms with van der Waals surface area (Å²) in [5.41, 5.74) is -1.64. The molecule has 1 aliphatic rings. The predicted molar refractivity (Wildman–Crippen MR) is 72.0 cm³/mol. The van der Waals surface area contributed by atoms with Crippen molar-refractivity contribution in [1.82, 2.24) is 4.90 Å². The summed E-state index contributed by atoms with van der Waals surface area (Å²) in [5.74, 6) is 0. The smallest absolute Gasteiger partial charge is 0.391 e. The number of carbonyl (C=O) groups is 1. The van der Waals surface area contributed by atoms with Crippen molar-refractivity contribution in [1.29, 1.82) is 5.26 Å². The summed E-state index contributed by atoms with van der Waals surface area (Å²) in [6.45, 7) is 0.583. The SMILES string of the molecule is N#Cc1ccc(NC(=O)N2CCCC(O)C2)cc1C(F)(F)F. The van der Waals surface area contributed by atoms with Crippen LogP contribution in [0.1, 0.15) is 24.0 Å². The Hall–Kier alpha value is -2.27. The Morgan fingerprint density at radius 3 is 2.77 bits per heavy atom. The van der Waals surface area contributed by atoms with Crippen molar-refractivity contribution in [3.8, 4) is 6.07 Å². The van der Waals surface area contributed by atoms with Crippen molar-refractivity contribution in [3.63, 3.8) is 0 Å². The summed E-state index contributed by atoms with van der Waals surface area (Å²) in [6, 6.07) is 3.90. The lowest BCUT2D eigenvalue weighted by atomic mass is 10.1. The molecule has 1 aromatic rings. The van der Waals surface area contributed by atoms with Crippen LogP contribution in [0.4, 0.5) is 23.7 Å². The summed E-state index contributed by atoms with van der Waals surface area (Å²) in [4.78, 5) is 13.3. The van der Waals surface area contributed by atoms with Crippen LogP contribution in [0.5, 0.6) is 0 Å². The second-order valence-electron chi connectivity index (χ2n) is 5.04. The van der Waals surface area contributed by atoms with Gasteiger partial charge in [-0.05, 0) is 31.0 Å². The number of urea groups is 1. The number of nitrogens with one attached hydrogen (secondary N) is 1. The lowest BCUT2D eigenvalue weighted by molar-refractivity contribution is -0.137. The highest BCUT2D eigenvalue weighted by Gasteiger charge is 2.34. The van der Waals surface area contributed by atoms with Gasteiger partial charge in [-0.15, -0.1) is 0 Å². The summed E-state index contributed by atoms with van der Waals surface area (Å²) >= 11 is 0. The number of rotatable bonds is 1. The highest BCUT2D eigenvalue weighted by Crippen LogP contribution is 2.33. The molecule has 1 heterocycles. The van der Waals surface area contributed by atoms with Gasteiger partial charge in [-0.3, -0.25) is 0 Å². The highest BCUT2D eigenvalue weighted by atomic mass is 19.4. The van der Waals surface area contributed by atoms with Gasteiger partial charge in [0, 0.05) is 18.8 Å². The molecule has 8 heteroatoms. The topological polar surface area (TPSA) is 76.4 Å². The van der Waals surface area contributed by atoms with E-state index in [-0.39, 0.29) is 12.2 Å². The third kappa shape index (κ3) is 3.68. The molecule has 1 saturated heterocycles. The van der Waals surface area contributed by atoms with Gasteiger partial charge in [0.15, 0.2) is 0 Å². The number of benzene rings is 1. The van der Waals surface area contributed by atoms with Gasteiger partial charge in [-0.1, -0.05) is 0 Å². The predicted octanol–water partition coefficient (Wildman–Crippen LogP) is 2.57. The van der Waals surface area contributed by atoms with E-state index in [0.29, 0.717) is 19.4 Å². The molecule has 5 nitrogen and oxygen atoms in total. The van der Waals surface area contributed by atoms with Gasteiger partial charge in [-0.25, -0.2) is 4.79 Å². The van der Waals surface area contributed by atoms with E-state index in [4.69, 9.17) is 5.26 Å².